The maximum atomic E-state index is 5.58. The molecule has 2 heterocycles. The molecule has 0 radical (unpaired) electrons. The Morgan fingerprint density at radius 3 is 1.44 bits per heavy atom. The SMILES string of the molecule is Cc1ccc[n+](CCOCCOCCOCC[n+]2cccc(C)c2)c1. The molecular weight excluding hydrogens is 316 g/mol. The molecule has 0 aliphatic carbocycles. The van der Waals surface area contributed by atoms with Gasteiger partial charge in [0.15, 0.2) is 37.9 Å². The van der Waals surface area contributed by atoms with Gasteiger partial charge >= 0.3 is 0 Å². The van der Waals surface area contributed by atoms with Crippen molar-refractivity contribution in [3.63, 3.8) is 0 Å². The summed E-state index contributed by atoms with van der Waals surface area (Å²) in [5, 5.41) is 0. The molecule has 0 aliphatic rings. The lowest BCUT2D eigenvalue weighted by Gasteiger charge is -2.05. The van der Waals surface area contributed by atoms with E-state index < -0.39 is 0 Å². The van der Waals surface area contributed by atoms with Crippen LogP contribution in [-0.2, 0) is 27.3 Å². The maximum Gasteiger partial charge on any atom is 0.171 e. The number of pyridine rings is 2. The topological polar surface area (TPSA) is 35.5 Å². The number of ether oxygens (including phenoxy) is 3. The van der Waals surface area contributed by atoms with Crippen LogP contribution in [0.5, 0.6) is 0 Å². The maximum absolute atomic E-state index is 5.58. The van der Waals surface area contributed by atoms with Crippen LogP contribution in [0.2, 0.25) is 0 Å². The summed E-state index contributed by atoms with van der Waals surface area (Å²) in [7, 11) is 0. The minimum absolute atomic E-state index is 0.606. The highest BCUT2D eigenvalue weighted by atomic mass is 16.5. The third-order valence-electron chi connectivity index (χ3n) is 3.74. The molecule has 0 amide bonds. The zero-order valence-electron chi connectivity index (χ0n) is 15.4. The average molecular weight is 346 g/mol. The lowest BCUT2D eigenvalue weighted by atomic mass is 10.3. The highest BCUT2D eigenvalue weighted by Crippen LogP contribution is 1.90. The second-order valence-corrected chi connectivity index (χ2v) is 6.08. The molecule has 5 heteroatoms. The van der Waals surface area contributed by atoms with Crippen molar-refractivity contribution in [2.75, 3.05) is 39.6 Å². The average Bonchev–Trinajstić information content (AvgIpc) is 2.60. The number of aryl methyl sites for hydroxylation is 2. The lowest BCUT2D eigenvalue weighted by Crippen LogP contribution is -2.35. The molecule has 2 rings (SSSR count). The quantitative estimate of drug-likeness (QED) is 0.433. The molecule has 0 spiro atoms. The van der Waals surface area contributed by atoms with Crippen LogP contribution in [0.1, 0.15) is 11.1 Å². The Morgan fingerprint density at radius 2 is 1.04 bits per heavy atom. The van der Waals surface area contributed by atoms with Gasteiger partial charge in [-0.1, -0.05) is 0 Å². The van der Waals surface area contributed by atoms with E-state index in [1.807, 2.05) is 0 Å². The first-order chi connectivity index (χ1) is 12.2. The summed E-state index contributed by atoms with van der Waals surface area (Å²) in [5.41, 5.74) is 2.51. The summed E-state index contributed by atoms with van der Waals surface area (Å²) in [4.78, 5) is 0. The van der Waals surface area contributed by atoms with Gasteiger partial charge in [-0.3, -0.25) is 0 Å². The number of hydrogen-bond acceptors (Lipinski definition) is 3. The largest absolute Gasteiger partial charge is 0.377 e. The van der Waals surface area contributed by atoms with Crippen LogP contribution >= 0.6 is 0 Å². The van der Waals surface area contributed by atoms with Crippen molar-refractivity contribution in [1.82, 2.24) is 0 Å². The highest BCUT2D eigenvalue weighted by molar-refractivity contribution is 5.01. The molecule has 0 fully saturated rings. The van der Waals surface area contributed by atoms with E-state index in [1.54, 1.807) is 0 Å². The molecule has 0 atom stereocenters. The molecule has 5 nitrogen and oxygen atoms in total. The zero-order valence-corrected chi connectivity index (χ0v) is 15.4. The van der Waals surface area contributed by atoms with Crippen LogP contribution in [0.4, 0.5) is 0 Å². The summed E-state index contributed by atoms with van der Waals surface area (Å²) in [6.45, 7) is 9.74. The molecule has 2 aromatic heterocycles. The van der Waals surface area contributed by atoms with Gasteiger partial charge in [0, 0.05) is 23.3 Å². The van der Waals surface area contributed by atoms with E-state index in [0.29, 0.717) is 39.6 Å². The predicted octanol–water partition coefficient (Wildman–Crippen LogP) is 1.63. The van der Waals surface area contributed by atoms with Crippen LogP contribution < -0.4 is 9.13 Å². The molecule has 0 aromatic carbocycles. The second-order valence-electron chi connectivity index (χ2n) is 6.08. The molecule has 0 saturated carbocycles. The lowest BCUT2D eigenvalue weighted by molar-refractivity contribution is -0.698. The van der Waals surface area contributed by atoms with Gasteiger partial charge in [0.25, 0.3) is 0 Å². The number of hydrogen-bond donors (Lipinski definition) is 0. The minimum Gasteiger partial charge on any atom is -0.377 e. The standard InChI is InChI=1S/C20H30N2O3/c1-19-5-3-7-21(17-19)9-11-23-13-15-25-16-14-24-12-10-22-8-4-6-20(2)18-22/h3-8,17-18H,9-16H2,1-2H3/q+2. The normalized spacial score (nSPS) is 11.0. The van der Waals surface area contributed by atoms with Crippen LogP contribution in [0.25, 0.3) is 0 Å². The van der Waals surface area contributed by atoms with Gasteiger partial charge in [-0.15, -0.1) is 0 Å². The van der Waals surface area contributed by atoms with Gasteiger partial charge in [-0.2, -0.15) is 0 Å². The fourth-order valence-electron chi connectivity index (χ4n) is 2.47. The number of rotatable bonds is 12. The molecule has 0 N–H and O–H groups in total. The molecule has 2 aromatic rings. The Labute approximate surface area is 150 Å². The van der Waals surface area contributed by atoms with E-state index in [4.69, 9.17) is 14.2 Å². The van der Waals surface area contributed by atoms with E-state index in [1.165, 1.54) is 11.1 Å². The van der Waals surface area contributed by atoms with E-state index in [-0.39, 0.29) is 0 Å². The second kappa shape index (κ2) is 11.7. The Balaban J connectivity index is 1.38. The van der Waals surface area contributed by atoms with Crippen LogP contribution in [0, 0.1) is 13.8 Å². The van der Waals surface area contributed by atoms with Crippen LogP contribution in [0.15, 0.2) is 49.1 Å². The molecule has 136 valence electrons. The first-order valence-corrected chi connectivity index (χ1v) is 8.89. The monoisotopic (exact) mass is 346 g/mol. The Morgan fingerprint density at radius 1 is 0.640 bits per heavy atom. The van der Waals surface area contributed by atoms with Gasteiger partial charge in [-0.25, -0.2) is 9.13 Å². The fourth-order valence-corrected chi connectivity index (χ4v) is 2.47. The Hall–Kier alpha value is -1.82. The summed E-state index contributed by atoms with van der Waals surface area (Å²) < 4.78 is 21.0. The van der Waals surface area contributed by atoms with Crippen molar-refractivity contribution in [2.24, 2.45) is 0 Å². The van der Waals surface area contributed by atoms with Gasteiger partial charge in [-0.05, 0) is 26.0 Å². The molecule has 0 aliphatic heterocycles. The first-order valence-electron chi connectivity index (χ1n) is 8.89. The third kappa shape index (κ3) is 8.72. The van der Waals surface area contributed by atoms with Crippen molar-refractivity contribution >= 4 is 0 Å². The molecule has 0 saturated heterocycles. The first kappa shape index (κ1) is 19.5. The summed E-state index contributed by atoms with van der Waals surface area (Å²) in [5.74, 6) is 0. The van der Waals surface area contributed by atoms with Crippen molar-refractivity contribution in [3.05, 3.63) is 60.2 Å². The number of aromatic nitrogens is 2. The minimum atomic E-state index is 0.606. The van der Waals surface area contributed by atoms with Crippen molar-refractivity contribution in [3.8, 4) is 0 Å². The van der Waals surface area contributed by atoms with E-state index in [0.717, 1.165) is 13.1 Å². The zero-order chi connectivity index (χ0) is 17.7. The highest BCUT2D eigenvalue weighted by Gasteiger charge is 2.01. The van der Waals surface area contributed by atoms with Crippen molar-refractivity contribution in [2.45, 2.75) is 26.9 Å². The number of nitrogens with zero attached hydrogens (tertiary/aromatic N) is 2. The van der Waals surface area contributed by atoms with Gasteiger partial charge < -0.3 is 14.2 Å². The molecule has 25 heavy (non-hydrogen) atoms. The van der Waals surface area contributed by atoms with Crippen molar-refractivity contribution in [1.29, 1.82) is 0 Å². The smallest absolute Gasteiger partial charge is 0.171 e. The van der Waals surface area contributed by atoms with E-state index in [9.17, 15) is 0 Å². The Kier molecular flexibility index (Phi) is 9.12. The third-order valence-corrected chi connectivity index (χ3v) is 3.74. The Bertz CT molecular complexity index is 566. The predicted molar refractivity (Wildman–Crippen MR) is 95.2 cm³/mol. The van der Waals surface area contributed by atoms with Gasteiger partial charge in [0.05, 0.1) is 26.4 Å². The van der Waals surface area contributed by atoms with Gasteiger partial charge in [0.2, 0.25) is 0 Å². The summed E-state index contributed by atoms with van der Waals surface area (Å²) >= 11 is 0. The van der Waals surface area contributed by atoms with Crippen LogP contribution in [0.3, 0.4) is 0 Å². The summed E-state index contributed by atoms with van der Waals surface area (Å²) in [6.07, 6.45) is 8.34. The van der Waals surface area contributed by atoms with E-state index in [2.05, 4.69) is 72.0 Å². The van der Waals surface area contributed by atoms with Crippen molar-refractivity contribution < 1.29 is 23.3 Å². The molecule has 0 bridgehead atoms. The van der Waals surface area contributed by atoms with Gasteiger partial charge in [0.1, 0.15) is 13.2 Å². The molecular formula is C20H30N2O3+2. The van der Waals surface area contributed by atoms with Crippen LogP contribution in [-0.4, -0.2) is 39.6 Å². The molecule has 0 unspecified atom stereocenters. The summed E-state index contributed by atoms with van der Waals surface area (Å²) in [6, 6.07) is 8.28. The fraction of sp³-hybridized carbons (Fsp3) is 0.500. The van der Waals surface area contributed by atoms with E-state index >= 15 is 0 Å².